The molecule has 26 heavy (non-hydrogen) atoms. The topological polar surface area (TPSA) is 80.3 Å². The molecule has 0 fully saturated rings. The lowest BCUT2D eigenvalue weighted by molar-refractivity contribution is -0.120. The zero-order valence-corrected chi connectivity index (χ0v) is 15.6. The van der Waals surface area contributed by atoms with E-state index in [-0.39, 0.29) is 24.5 Å². The van der Waals surface area contributed by atoms with Crippen LogP contribution in [0.2, 0.25) is 0 Å². The number of nitrogens with zero attached hydrogens (tertiary/aromatic N) is 1. The summed E-state index contributed by atoms with van der Waals surface area (Å²) in [6, 6.07) is 9.21. The van der Waals surface area contributed by atoms with Gasteiger partial charge in [-0.05, 0) is 45.4 Å². The van der Waals surface area contributed by atoms with Gasteiger partial charge in [0.2, 0.25) is 11.8 Å². The molecule has 2 rings (SSSR count). The molecule has 2 amide bonds. The monoisotopic (exact) mass is 355 g/mol. The van der Waals surface area contributed by atoms with Crippen LogP contribution in [0.5, 0.6) is 5.88 Å². The average molecular weight is 355 g/mol. The minimum Gasteiger partial charge on any atom is -0.475 e. The third-order valence-corrected chi connectivity index (χ3v) is 3.54. The van der Waals surface area contributed by atoms with Gasteiger partial charge in [-0.15, -0.1) is 0 Å². The van der Waals surface area contributed by atoms with Crippen LogP contribution in [0.4, 0.5) is 0 Å². The van der Waals surface area contributed by atoms with Gasteiger partial charge >= 0.3 is 0 Å². The Balaban J connectivity index is 1.79. The molecule has 0 radical (unpaired) electrons. The number of pyridine rings is 1. The number of carbonyl (C=O) groups is 2. The van der Waals surface area contributed by atoms with Crippen molar-refractivity contribution in [2.75, 3.05) is 6.54 Å². The van der Waals surface area contributed by atoms with Crippen molar-refractivity contribution in [3.8, 4) is 5.88 Å². The first-order valence-corrected chi connectivity index (χ1v) is 8.58. The molecule has 0 saturated heterocycles. The number of rotatable bonds is 7. The number of ether oxygens (including phenoxy) is 1. The summed E-state index contributed by atoms with van der Waals surface area (Å²) in [6.07, 6.45) is 1.72. The van der Waals surface area contributed by atoms with Crippen molar-refractivity contribution in [2.24, 2.45) is 0 Å². The maximum atomic E-state index is 12.1. The maximum absolute atomic E-state index is 12.1. The summed E-state index contributed by atoms with van der Waals surface area (Å²) >= 11 is 0. The van der Waals surface area contributed by atoms with E-state index >= 15 is 0 Å². The lowest BCUT2D eigenvalue weighted by Gasteiger charge is -2.10. The predicted molar refractivity (Wildman–Crippen MR) is 100 cm³/mol. The number of nitrogens with one attached hydrogen (secondary N) is 2. The summed E-state index contributed by atoms with van der Waals surface area (Å²) < 4.78 is 5.47. The van der Waals surface area contributed by atoms with Gasteiger partial charge in [-0.3, -0.25) is 9.59 Å². The van der Waals surface area contributed by atoms with Crippen molar-refractivity contribution in [3.63, 3.8) is 0 Å². The summed E-state index contributed by atoms with van der Waals surface area (Å²) in [5, 5.41) is 5.39. The number of hydrogen-bond donors (Lipinski definition) is 2. The van der Waals surface area contributed by atoms with Crippen LogP contribution >= 0.6 is 0 Å². The molecule has 6 heteroatoms. The fourth-order valence-electron chi connectivity index (χ4n) is 2.46. The van der Waals surface area contributed by atoms with Crippen molar-refractivity contribution in [2.45, 2.75) is 40.3 Å². The molecule has 0 saturated carbocycles. The van der Waals surface area contributed by atoms with Crippen LogP contribution in [0.25, 0.3) is 0 Å². The number of hydrogen-bond acceptors (Lipinski definition) is 4. The highest BCUT2D eigenvalue weighted by atomic mass is 16.5. The second-order valence-corrected chi connectivity index (χ2v) is 6.51. The third-order valence-electron chi connectivity index (χ3n) is 3.54. The Morgan fingerprint density at radius 2 is 1.77 bits per heavy atom. The standard InChI is InChI=1S/C20H25N3O3/c1-13(2)26-19-6-5-16(11-22-19)10-21-18(24)12-23-20(25)17-8-14(3)7-15(4)9-17/h5-9,11,13H,10,12H2,1-4H3,(H,21,24)(H,23,25). The van der Waals surface area contributed by atoms with E-state index in [4.69, 9.17) is 4.74 Å². The summed E-state index contributed by atoms with van der Waals surface area (Å²) in [5.41, 5.74) is 3.43. The van der Waals surface area contributed by atoms with E-state index in [9.17, 15) is 9.59 Å². The van der Waals surface area contributed by atoms with E-state index < -0.39 is 0 Å². The Kier molecular flexibility index (Phi) is 6.72. The third kappa shape index (κ3) is 6.20. The van der Waals surface area contributed by atoms with Gasteiger partial charge in [0.05, 0.1) is 12.6 Å². The summed E-state index contributed by atoms with van der Waals surface area (Å²) in [6.45, 7) is 8.00. The van der Waals surface area contributed by atoms with Crippen LogP contribution in [-0.4, -0.2) is 29.4 Å². The quantitative estimate of drug-likeness (QED) is 0.800. The molecular formula is C20H25N3O3. The van der Waals surface area contributed by atoms with Gasteiger partial charge in [0.1, 0.15) is 0 Å². The molecule has 1 heterocycles. The zero-order chi connectivity index (χ0) is 19.1. The normalized spacial score (nSPS) is 10.5. The zero-order valence-electron chi connectivity index (χ0n) is 15.6. The Morgan fingerprint density at radius 3 is 2.35 bits per heavy atom. The molecule has 138 valence electrons. The molecule has 0 spiro atoms. The molecule has 1 aromatic heterocycles. The van der Waals surface area contributed by atoms with E-state index in [1.165, 1.54) is 0 Å². The van der Waals surface area contributed by atoms with Gasteiger partial charge in [-0.25, -0.2) is 4.98 Å². The Hall–Kier alpha value is -2.89. The fraction of sp³-hybridized carbons (Fsp3) is 0.350. The molecule has 0 aliphatic carbocycles. The number of carbonyl (C=O) groups excluding carboxylic acids is 2. The van der Waals surface area contributed by atoms with Crippen molar-refractivity contribution in [1.82, 2.24) is 15.6 Å². The molecule has 0 atom stereocenters. The van der Waals surface area contributed by atoms with Gasteiger partial charge in [0, 0.05) is 24.4 Å². The maximum Gasteiger partial charge on any atom is 0.251 e. The van der Waals surface area contributed by atoms with Crippen molar-refractivity contribution >= 4 is 11.8 Å². The number of aromatic nitrogens is 1. The lowest BCUT2D eigenvalue weighted by atomic mass is 10.1. The number of aryl methyl sites for hydroxylation is 2. The van der Waals surface area contributed by atoms with Crippen LogP contribution in [0.3, 0.4) is 0 Å². The van der Waals surface area contributed by atoms with Gasteiger partial charge < -0.3 is 15.4 Å². The lowest BCUT2D eigenvalue weighted by Crippen LogP contribution is -2.36. The molecule has 0 unspecified atom stereocenters. The van der Waals surface area contributed by atoms with E-state index in [1.54, 1.807) is 24.4 Å². The summed E-state index contributed by atoms with van der Waals surface area (Å²) in [7, 11) is 0. The van der Waals surface area contributed by atoms with Crippen LogP contribution in [0, 0.1) is 13.8 Å². The molecule has 2 aromatic rings. The largest absolute Gasteiger partial charge is 0.475 e. The van der Waals surface area contributed by atoms with Crippen LogP contribution < -0.4 is 15.4 Å². The molecule has 6 nitrogen and oxygen atoms in total. The molecular weight excluding hydrogens is 330 g/mol. The number of amides is 2. The second kappa shape index (κ2) is 8.99. The highest BCUT2D eigenvalue weighted by Crippen LogP contribution is 2.10. The van der Waals surface area contributed by atoms with Crippen LogP contribution in [0.1, 0.15) is 40.9 Å². The predicted octanol–water partition coefficient (Wildman–Crippen LogP) is 2.53. The SMILES string of the molecule is Cc1cc(C)cc(C(=O)NCC(=O)NCc2ccc(OC(C)C)nc2)c1. The Morgan fingerprint density at radius 1 is 1.08 bits per heavy atom. The van der Waals surface area contributed by atoms with Crippen molar-refractivity contribution in [1.29, 1.82) is 0 Å². The van der Waals surface area contributed by atoms with Gasteiger partial charge in [0.15, 0.2) is 0 Å². The first-order valence-electron chi connectivity index (χ1n) is 8.58. The van der Waals surface area contributed by atoms with E-state index in [0.29, 0.717) is 18.0 Å². The van der Waals surface area contributed by atoms with Gasteiger partial charge in [-0.1, -0.05) is 23.3 Å². The van der Waals surface area contributed by atoms with E-state index in [2.05, 4.69) is 15.6 Å². The van der Waals surface area contributed by atoms with E-state index in [1.807, 2.05) is 39.8 Å². The minimum absolute atomic E-state index is 0.0638. The summed E-state index contributed by atoms with van der Waals surface area (Å²) in [5.74, 6) is 0.0322. The Labute approximate surface area is 154 Å². The molecule has 0 aliphatic heterocycles. The summed E-state index contributed by atoms with van der Waals surface area (Å²) in [4.78, 5) is 28.2. The van der Waals surface area contributed by atoms with Crippen LogP contribution in [0.15, 0.2) is 36.5 Å². The molecule has 0 aliphatic rings. The molecule has 1 aromatic carbocycles. The van der Waals surface area contributed by atoms with Gasteiger partial charge in [0.25, 0.3) is 5.91 Å². The van der Waals surface area contributed by atoms with E-state index in [0.717, 1.165) is 16.7 Å². The smallest absolute Gasteiger partial charge is 0.251 e. The second-order valence-electron chi connectivity index (χ2n) is 6.51. The highest BCUT2D eigenvalue weighted by Gasteiger charge is 2.09. The number of benzene rings is 1. The fourth-order valence-corrected chi connectivity index (χ4v) is 2.46. The molecule has 2 N–H and O–H groups in total. The first-order chi connectivity index (χ1) is 12.3. The van der Waals surface area contributed by atoms with Crippen molar-refractivity contribution in [3.05, 3.63) is 58.8 Å². The Bertz CT molecular complexity index is 750. The van der Waals surface area contributed by atoms with Crippen LogP contribution in [-0.2, 0) is 11.3 Å². The van der Waals surface area contributed by atoms with Gasteiger partial charge in [-0.2, -0.15) is 0 Å². The average Bonchev–Trinajstić information content (AvgIpc) is 2.57. The minimum atomic E-state index is -0.260. The first kappa shape index (κ1) is 19.4. The highest BCUT2D eigenvalue weighted by molar-refractivity contribution is 5.96. The molecule has 0 bridgehead atoms. The van der Waals surface area contributed by atoms with Crippen molar-refractivity contribution < 1.29 is 14.3 Å².